The molecule has 4 unspecified atom stereocenters. The molecule has 2 aliphatic carbocycles. The third-order valence-corrected chi connectivity index (χ3v) is 11.0. The fraction of sp³-hybridized carbons (Fsp3) is 0.765. The zero-order chi connectivity index (χ0) is 17.0. The van der Waals surface area contributed by atoms with Crippen LogP contribution in [0.15, 0.2) is 12.2 Å². The van der Waals surface area contributed by atoms with Crippen molar-refractivity contribution in [2.24, 2.45) is 23.7 Å². The van der Waals surface area contributed by atoms with Crippen LogP contribution in [0.1, 0.15) is 27.2 Å². The Morgan fingerprint density at radius 2 is 2.00 bits per heavy atom. The first kappa shape index (κ1) is 17.0. The van der Waals surface area contributed by atoms with Crippen LogP contribution >= 0.6 is 0 Å². The molecule has 1 radical (unpaired) electrons. The van der Waals surface area contributed by atoms with Gasteiger partial charge in [0.15, 0.2) is 8.32 Å². The van der Waals surface area contributed by atoms with E-state index < -0.39 is 8.32 Å². The van der Waals surface area contributed by atoms with Crippen LogP contribution in [0, 0.1) is 23.7 Å². The molecule has 23 heavy (non-hydrogen) atoms. The van der Waals surface area contributed by atoms with Gasteiger partial charge in [-0.05, 0) is 42.3 Å². The van der Waals surface area contributed by atoms with E-state index in [9.17, 15) is 9.59 Å². The number of rotatable bonds is 5. The molecule has 1 saturated carbocycles. The van der Waals surface area contributed by atoms with E-state index >= 15 is 0 Å². The quantitative estimate of drug-likeness (QED) is 0.441. The molecule has 4 nitrogen and oxygen atoms in total. The lowest BCUT2D eigenvalue weighted by Crippen LogP contribution is -2.48. The summed E-state index contributed by atoms with van der Waals surface area (Å²) in [7, 11) is -0.454. The average Bonchev–Trinajstić information content (AvgIpc) is 3.11. The van der Waals surface area contributed by atoms with E-state index in [1.54, 1.807) is 4.81 Å². The average molecular weight is 332 g/mol. The van der Waals surface area contributed by atoms with E-state index in [0.29, 0.717) is 24.4 Å². The molecule has 0 N–H and O–H groups in total. The van der Waals surface area contributed by atoms with E-state index in [4.69, 9.17) is 4.43 Å². The molecular formula is C17H27BNO3Si. The molecule has 5 atom stereocenters. The summed E-state index contributed by atoms with van der Waals surface area (Å²) in [5.41, 5.74) is 0. The lowest BCUT2D eigenvalue weighted by molar-refractivity contribution is -0.128. The third kappa shape index (κ3) is 2.64. The zero-order valence-corrected chi connectivity index (χ0v) is 15.8. The topological polar surface area (TPSA) is 46.6 Å². The highest BCUT2D eigenvalue weighted by atomic mass is 28.4. The standard InChI is InChI=1S/C17H27BNO3Si/c1-17(2,3)23(4,5)22-9-13-14-11-6-7-12(8-11)15(14)16(21)19(13)18-10-20/h6-7,10-15H,8-9H2,1-5H3/t11?,12?,13-,14?,15?/m1/s1. The van der Waals surface area contributed by atoms with Crippen molar-refractivity contribution < 1.29 is 14.0 Å². The molecule has 1 aliphatic heterocycles. The summed E-state index contributed by atoms with van der Waals surface area (Å²) in [6.07, 6.45) is 6.28. The van der Waals surface area contributed by atoms with Crippen LogP contribution in [0.4, 0.5) is 0 Å². The Morgan fingerprint density at radius 1 is 1.35 bits per heavy atom. The van der Waals surface area contributed by atoms with Gasteiger partial charge in [-0.1, -0.05) is 32.9 Å². The van der Waals surface area contributed by atoms with E-state index in [2.05, 4.69) is 46.0 Å². The number of carbonyl (C=O) groups is 2. The summed E-state index contributed by atoms with van der Waals surface area (Å²) < 4.78 is 6.40. The summed E-state index contributed by atoms with van der Waals surface area (Å²) in [6, 6.07) is 0.00627. The van der Waals surface area contributed by atoms with Crippen molar-refractivity contribution in [2.45, 2.75) is 51.4 Å². The van der Waals surface area contributed by atoms with Gasteiger partial charge in [0.1, 0.15) is 6.19 Å². The number of fused-ring (bicyclic) bond motifs is 5. The lowest BCUT2D eigenvalue weighted by Gasteiger charge is -2.39. The molecule has 2 bridgehead atoms. The van der Waals surface area contributed by atoms with Crippen molar-refractivity contribution in [3.05, 3.63) is 12.2 Å². The van der Waals surface area contributed by atoms with Crippen LogP contribution in [0.2, 0.25) is 18.1 Å². The number of nitrogens with zero attached hydrogens (tertiary/aromatic N) is 1. The Balaban J connectivity index is 1.79. The summed E-state index contributed by atoms with van der Waals surface area (Å²) in [5, 5.41) is 0.142. The Morgan fingerprint density at radius 3 is 2.61 bits per heavy atom. The van der Waals surface area contributed by atoms with Gasteiger partial charge in [0.05, 0.1) is 6.61 Å². The maximum absolute atomic E-state index is 12.8. The van der Waals surface area contributed by atoms with E-state index in [0.717, 1.165) is 12.6 Å². The Labute approximate surface area is 141 Å². The molecule has 125 valence electrons. The first-order chi connectivity index (χ1) is 10.7. The lowest BCUT2D eigenvalue weighted by atomic mass is 9.81. The summed E-state index contributed by atoms with van der Waals surface area (Å²) in [5.74, 6) is 1.29. The van der Waals surface area contributed by atoms with Crippen molar-refractivity contribution >= 4 is 27.8 Å². The molecule has 1 amide bonds. The minimum atomic E-state index is -1.87. The molecule has 2 fully saturated rings. The van der Waals surface area contributed by atoms with E-state index in [1.165, 1.54) is 7.41 Å². The fourth-order valence-electron chi connectivity index (χ4n) is 4.21. The predicted molar refractivity (Wildman–Crippen MR) is 94.0 cm³/mol. The van der Waals surface area contributed by atoms with Gasteiger partial charge in [-0.15, -0.1) is 0 Å². The van der Waals surface area contributed by atoms with Gasteiger partial charge in [-0.25, -0.2) is 0 Å². The molecular weight excluding hydrogens is 305 g/mol. The van der Waals surface area contributed by atoms with Crippen molar-refractivity contribution in [1.82, 2.24) is 4.81 Å². The number of amides is 1. The van der Waals surface area contributed by atoms with E-state index in [-0.39, 0.29) is 22.9 Å². The SMILES string of the molecule is CC(C)(C)[Si](C)(C)OC[C@@H]1C2C3C=CC(C3)C2C(=O)N1[B]C=O. The van der Waals surface area contributed by atoms with Crippen molar-refractivity contribution in [2.75, 3.05) is 6.61 Å². The summed E-state index contributed by atoms with van der Waals surface area (Å²) in [6.45, 7) is 11.7. The highest BCUT2D eigenvalue weighted by Crippen LogP contribution is 2.54. The zero-order valence-electron chi connectivity index (χ0n) is 14.8. The minimum Gasteiger partial charge on any atom is -0.415 e. The first-order valence-electron chi connectivity index (χ1n) is 8.60. The molecule has 6 heteroatoms. The number of hydrogen-bond donors (Lipinski definition) is 0. The van der Waals surface area contributed by atoms with Crippen LogP contribution in [0.5, 0.6) is 0 Å². The number of hydrogen-bond acceptors (Lipinski definition) is 3. The Bertz CT molecular complexity index is 542. The van der Waals surface area contributed by atoms with E-state index in [1.807, 2.05) is 0 Å². The third-order valence-electron chi connectivity index (χ3n) is 6.50. The highest BCUT2D eigenvalue weighted by Gasteiger charge is 2.59. The summed E-state index contributed by atoms with van der Waals surface area (Å²) >= 11 is 0. The molecule has 0 spiro atoms. The molecule has 3 rings (SSSR count). The molecule has 0 aromatic carbocycles. The fourth-order valence-corrected chi connectivity index (χ4v) is 5.23. The Kier molecular flexibility index (Phi) is 4.12. The molecule has 0 aromatic heterocycles. The molecule has 3 aliphatic rings. The van der Waals surface area contributed by atoms with Gasteiger partial charge < -0.3 is 14.0 Å². The molecule has 1 heterocycles. The van der Waals surface area contributed by atoms with Gasteiger partial charge in [0, 0.05) is 12.0 Å². The van der Waals surface area contributed by atoms with Gasteiger partial charge >= 0.3 is 7.41 Å². The number of allylic oxidation sites excluding steroid dienone is 2. The maximum atomic E-state index is 12.8. The second-order valence-electron chi connectivity index (χ2n) is 8.72. The largest absolute Gasteiger partial charge is 0.415 e. The smallest absolute Gasteiger partial charge is 0.331 e. The van der Waals surface area contributed by atoms with Crippen LogP contribution < -0.4 is 0 Å². The van der Waals surface area contributed by atoms with Gasteiger partial charge in [-0.2, -0.15) is 0 Å². The normalized spacial score (nSPS) is 35.8. The first-order valence-corrected chi connectivity index (χ1v) is 11.5. The maximum Gasteiger partial charge on any atom is 0.331 e. The van der Waals surface area contributed by atoms with Crippen molar-refractivity contribution in [3.8, 4) is 0 Å². The summed E-state index contributed by atoms with van der Waals surface area (Å²) in [4.78, 5) is 25.4. The Hall–Kier alpha value is -0.878. The van der Waals surface area contributed by atoms with Gasteiger partial charge in [-0.3, -0.25) is 4.79 Å². The minimum absolute atomic E-state index is 0.00627. The van der Waals surface area contributed by atoms with Crippen LogP contribution in [-0.2, 0) is 14.0 Å². The van der Waals surface area contributed by atoms with Crippen LogP contribution in [0.3, 0.4) is 0 Å². The monoisotopic (exact) mass is 332 g/mol. The molecule has 0 aromatic rings. The van der Waals surface area contributed by atoms with Crippen LogP contribution in [0.25, 0.3) is 0 Å². The number of carbonyl (C=O) groups excluding carboxylic acids is 2. The highest BCUT2D eigenvalue weighted by molar-refractivity contribution is 6.74. The van der Waals surface area contributed by atoms with Gasteiger partial charge in [0.25, 0.3) is 0 Å². The van der Waals surface area contributed by atoms with Gasteiger partial charge in [0.2, 0.25) is 5.91 Å². The molecule has 1 saturated heterocycles. The van der Waals surface area contributed by atoms with Crippen molar-refractivity contribution in [3.63, 3.8) is 0 Å². The second-order valence-corrected chi connectivity index (χ2v) is 13.5. The second kappa shape index (κ2) is 5.59. The van der Waals surface area contributed by atoms with Crippen molar-refractivity contribution in [1.29, 1.82) is 0 Å². The predicted octanol–water partition coefficient (Wildman–Crippen LogP) is 2.47. The van der Waals surface area contributed by atoms with Crippen LogP contribution in [-0.4, -0.2) is 45.3 Å².